The summed E-state index contributed by atoms with van der Waals surface area (Å²) in [6.45, 7) is 4.01. The summed E-state index contributed by atoms with van der Waals surface area (Å²) in [5.74, 6) is -0.885. The zero-order valence-corrected chi connectivity index (χ0v) is 12.5. The molecule has 1 N–H and O–H groups in total. The molecule has 21 heavy (non-hydrogen) atoms. The van der Waals surface area contributed by atoms with Gasteiger partial charge in [-0.25, -0.2) is 0 Å². The Kier molecular flexibility index (Phi) is 4.68. The van der Waals surface area contributed by atoms with Crippen molar-refractivity contribution in [3.63, 3.8) is 0 Å². The fraction of sp³-hybridized carbons (Fsp3) is 0.471. The number of aliphatic hydroxyl groups excluding tert-OH is 1. The van der Waals surface area contributed by atoms with E-state index in [1.807, 2.05) is 44.2 Å². The molecule has 1 aliphatic carbocycles. The molecule has 0 unspecified atom stereocenters. The zero-order valence-electron chi connectivity index (χ0n) is 12.5. The Morgan fingerprint density at radius 2 is 1.81 bits per heavy atom. The quantitative estimate of drug-likeness (QED) is 0.683. The van der Waals surface area contributed by atoms with Gasteiger partial charge in [0.1, 0.15) is 17.5 Å². The minimum atomic E-state index is -0.735. The molecule has 1 atom stereocenters. The molecule has 0 radical (unpaired) electrons. The SMILES string of the molecule is CC1(C)CC(=O)C(C=NC[C@H](O)c2ccccc2)C(=O)C1. The molecule has 0 bridgehead atoms. The Hall–Kier alpha value is -1.81. The van der Waals surface area contributed by atoms with E-state index in [9.17, 15) is 14.7 Å². The van der Waals surface area contributed by atoms with Gasteiger partial charge in [0, 0.05) is 19.1 Å². The smallest absolute Gasteiger partial charge is 0.149 e. The van der Waals surface area contributed by atoms with Crippen LogP contribution in [0.4, 0.5) is 0 Å². The Labute approximate surface area is 124 Å². The summed E-state index contributed by atoms with van der Waals surface area (Å²) in [5.41, 5.74) is 0.527. The monoisotopic (exact) mass is 287 g/mol. The van der Waals surface area contributed by atoms with Gasteiger partial charge < -0.3 is 5.11 Å². The fourth-order valence-electron chi connectivity index (χ4n) is 2.62. The molecule has 0 spiro atoms. The summed E-state index contributed by atoms with van der Waals surface area (Å²) in [4.78, 5) is 28.1. The Bertz CT molecular complexity index is 528. The molecule has 0 saturated heterocycles. The van der Waals surface area contributed by atoms with Crippen LogP contribution >= 0.6 is 0 Å². The molecule has 112 valence electrons. The van der Waals surface area contributed by atoms with Crippen LogP contribution in [-0.4, -0.2) is 29.4 Å². The van der Waals surface area contributed by atoms with E-state index in [1.165, 1.54) is 6.21 Å². The lowest BCUT2D eigenvalue weighted by atomic mass is 9.72. The first-order valence-electron chi connectivity index (χ1n) is 7.17. The topological polar surface area (TPSA) is 66.7 Å². The average molecular weight is 287 g/mol. The van der Waals surface area contributed by atoms with E-state index in [0.29, 0.717) is 12.8 Å². The number of hydrogen-bond acceptors (Lipinski definition) is 4. The molecule has 1 aliphatic rings. The number of carbonyl (C=O) groups excluding carboxylic acids is 2. The fourth-order valence-corrected chi connectivity index (χ4v) is 2.62. The predicted molar refractivity (Wildman–Crippen MR) is 81.3 cm³/mol. The van der Waals surface area contributed by atoms with Crippen LogP contribution in [0.3, 0.4) is 0 Å². The van der Waals surface area contributed by atoms with Crippen LogP contribution in [-0.2, 0) is 9.59 Å². The summed E-state index contributed by atoms with van der Waals surface area (Å²) >= 11 is 0. The van der Waals surface area contributed by atoms with Crippen LogP contribution < -0.4 is 0 Å². The van der Waals surface area contributed by atoms with Crippen LogP contribution in [0.25, 0.3) is 0 Å². The minimum Gasteiger partial charge on any atom is -0.386 e. The number of aliphatic hydroxyl groups is 1. The third-order valence-corrected chi connectivity index (χ3v) is 3.72. The van der Waals surface area contributed by atoms with E-state index >= 15 is 0 Å². The van der Waals surface area contributed by atoms with Gasteiger partial charge >= 0.3 is 0 Å². The highest BCUT2D eigenvalue weighted by atomic mass is 16.3. The number of carbonyl (C=O) groups is 2. The number of rotatable bonds is 4. The van der Waals surface area contributed by atoms with E-state index in [0.717, 1.165) is 5.56 Å². The van der Waals surface area contributed by atoms with Crippen molar-refractivity contribution in [3.05, 3.63) is 35.9 Å². The lowest BCUT2D eigenvalue weighted by Crippen LogP contribution is -2.38. The second-order valence-corrected chi connectivity index (χ2v) is 6.37. The number of nitrogens with zero attached hydrogens (tertiary/aromatic N) is 1. The summed E-state index contributed by atoms with van der Waals surface area (Å²) in [7, 11) is 0. The second-order valence-electron chi connectivity index (χ2n) is 6.37. The van der Waals surface area contributed by atoms with Crippen LogP contribution in [0.15, 0.2) is 35.3 Å². The molecule has 0 amide bonds. The number of Topliss-reactive ketones (excluding diaryl/α,β-unsaturated/α-hetero) is 2. The highest BCUT2D eigenvalue weighted by Crippen LogP contribution is 2.33. The van der Waals surface area contributed by atoms with Crippen molar-refractivity contribution >= 4 is 17.8 Å². The lowest BCUT2D eigenvalue weighted by Gasteiger charge is -2.30. The van der Waals surface area contributed by atoms with Gasteiger partial charge in [-0.2, -0.15) is 0 Å². The van der Waals surface area contributed by atoms with Crippen molar-refractivity contribution in [3.8, 4) is 0 Å². The minimum absolute atomic E-state index is 0.0748. The van der Waals surface area contributed by atoms with Gasteiger partial charge in [-0.05, 0) is 11.0 Å². The van der Waals surface area contributed by atoms with E-state index in [2.05, 4.69) is 4.99 Å². The number of benzene rings is 1. The summed E-state index contributed by atoms with van der Waals surface area (Å²) in [6.07, 6.45) is 1.49. The molecule has 0 heterocycles. The number of ketones is 2. The van der Waals surface area contributed by atoms with Crippen molar-refractivity contribution in [1.82, 2.24) is 0 Å². The molecule has 1 saturated carbocycles. The molecule has 0 aromatic heterocycles. The van der Waals surface area contributed by atoms with E-state index in [1.54, 1.807) is 0 Å². The molecule has 4 heteroatoms. The summed E-state index contributed by atoms with van der Waals surface area (Å²) in [6, 6.07) is 9.21. The average Bonchev–Trinajstić information content (AvgIpc) is 2.41. The maximum Gasteiger partial charge on any atom is 0.149 e. The van der Waals surface area contributed by atoms with E-state index in [-0.39, 0.29) is 23.5 Å². The Morgan fingerprint density at radius 3 is 2.38 bits per heavy atom. The maximum absolute atomic E-state index is 12.0. The number of aliphatic imine (C=N–C) groups is 1. The van der Waals surface area contributed by atoms with Gasteiger partial charge in [0.2, 0.25) is 0 Å². The second kappa shape index (κ2) is 6.31. The third kappa shape index (κ3) is 4.08. The highest BCUT2D eigenvalue weighted by Gasteiger charge is 2.38. The molecule has 0 aliphatic heterocycles. The molecule has 1 aromatic rings. The predicted octanol–water partition coefficient (Wildman–Crippen LogP) is 2.37. The van der Waals surface area contributed by atoms with Gasteiger partial charge in [0.05, 0.1) is 12.6 Å². The van der Waals surface area contributed by atoms with Crippen molar-refractivity contribution in [2.75, 3.05) is 6.54 Å². The Balaban J connectivity index is 1.95. The Morgan fingerprint density at radius 1 is 1.24 bits per heavy atom. The van der Waals surface area contributed by atoms with Crippen molar-refractivity contribution in [1.29, 1.82) is 0 Å². The largest absolute Gasteiger partial charge is 0.386 e. The first kappa shape index (κ1) is 15.6. The van der Waals surface area contributed by atoms with Gasteiger partial charge in [0.25, 0.3) is 0 Å². The van der Waals surface area contributed by atoms with Gasteiger partial charge in [-0.3, -0.25) is 14.6 Å². The lowest BCUT2D eigenvalue weighted by molar-refractivity contribution is -0.136. The number of hydrogen-bond donors (Lipinski definition) is 1. The first-order chi connectivity index (χ1) is 9.89. The summed E-state index contributed by atoms with van der Waals surface area (Å²) in [5, 5.41) is 9.98. The van der Waals surface area contributed by atoms with Crippen LogP contribution in [0.5, 0.6) is 0 Å². The van der Waals surface area contributed by atoms with E-state index < -0.39 is 12.0 Å². The zero-order chi connectivity index (χ0) is 15.5. The maximum atomic E-state index is 12.0. The van der Waals surface area contributed by atoms with Crippen LogP contribution in [0, 0.1) is 11.3 Å². The highest BCUT2D eigenvalue weighted by molar-refractivity contribution is 6.16. The first-order valence-corrected chi connectivity index (χ1v) is 7.17. The standard InChI is InChI=1S/C17H21NO3/c1-17(2)8-14(19)13(15(20)9-17)10-18-11-16(21)12-6-4-3-5-7-12/h3-7,10,13,16,21H,8-9,11H2,1-2H3/t16-/m0/s1. The molecule has 1 aromatic carbocycles. The van der Waals surface area contributed by atoms with E-state index in [4.69, 9.17) is 0 Å². The van der Waals surface area contributed by atoms with Crippen molar-refractivity contribution < 1.29 is 14.7 Å². The van der Waals surface area contributed by atoms with Gasteiger partial charge in [0.15, 0.2) is 0 Å². The molecule has 4 nitrogen and oxygen atoms in total. The normalized spacial score (nSPS) is 20.9. The summed E-state index contributed by atoms with van der Waals surface area (Å²) < 4.78 is 0. The molecular weight excluding hydrogens is 266 g/mol. The van der Waals surface area contributed by atoms with Crippen molar-refractivity contribution in [2.45, 2.75) is 32.8 Å². The van der Waals surface area contributed by atoms with Crippen molar-refractivity contribution in [2.24, 2.45) is 16.3 Å². The molecule has 1 fully saturated rings. The van der Waals surface area contributed by atoms with Gasteiger partial charge in [-0.15, -0.1) is 0 Å². The molecular formula is C17H21NO3. The molecule has 2 rings (SSSR count). The van der Waals surface area contributed by atoms with Crippen LogP contribution in [0.2, 0.25) is 0 Å². The van der Waals surface area contributed by atoms with Gasteiger partial charge in [-0.1, -0.05) is 44.2 Å². The third-order valence-electron chi connectivity index (χ3n) is 3.72. The van der Waals surface area contributed by atoms with Crippen LogP contribution in [0.1, 0.15) is 38.4 Å².